The van der Waals surface area contributed by atoms with E-state index in [0.717, 1.165) is 27.5 Å². The molecule has 2 aliphatic heterocycles. The number of aliphatic carboxylic acids is 1. The molecule has 2 aromatic heterocycles. The van der Waals surface area contributed by atoms with E-state index < -0.39 is 34.9 Å². The van der Waals surface area contributed by atoms with Crippen LogP contribution in [0, 0.1) is 0 Å². The fourth-order valence-corrected chi connectivity index (χ4v) is 8.32. The number of nitrogens with one attached hydrogen (secondary N) is 1. The second kappa shape index (κ2) is 12.0. The molecule has 1 fully saturated rings. The lowest BCUT2D eigenvalue weighted by Crippen LogP contribution is -2.71. The van der Waals surface area contributed by atoms with Crippen LogP contribution in [-0.2, 0) is 20.1 Å². The van der Waals surface area contributed by atoms with Crippen LogP contribution in [0.3, 0.4) is 0 Å². The van der Waals surface area contributed by atoms with E-state index in [9.17, 15) is 24.7 Å². The van der Waals surface area contributed by atoms with Crippen LogP contribution in [0.25, 0.3) is 0 Å². The minimum Gasteiger partial charge on any atom is -0.477 e. The Bertz CT molecular complexity index is 1300. The molecule has 0 aromatic carbocycles. The maximum absolute atomic E-state index is 13.0. The molecule has 196 valence electrons. The second-order valence-corrected chi connectivity index (χ2v) is 13.2. The molecule has 0 aliphatic carbocycles. The predicted molar refractivity (Wildman–Crippen MR) is 148 cm³/mol. The standard InChI is InChI=1S/C20H20BrN7O5S4/c21-15-11(26-20(23)37-15)12(27-33)16(29)25-13-17(30)28-14(19(31)32)10(7-35-18(13)28)36-9-1-3-24-5-8(9)6-34-4-2-22/h1,3,5,13,18,33H,2,4,6-7,22H2,(H2,23,26)(H,25,29)(H,31,32)/b27-12-/t13-,18-/m1/s1. The number of carboxylic acids is 1. The summed E-state index contributed by atoms with van der Waals surface area (Å²) in [5, 5.41) is 24.4. The number of carbonyl (C=O) groups is 3. The zero-order valence-electron chi connectivity index (χ0n) is 18.8. The maximum Gasteiger partial charge on any atom is 0.353 e. The Labute approximate surface area is 235 Å². The summed E-state index contributed by atoms with van der Waals surface area (Å²) in [4.78, 5) is 48.7. The number of β-lactam (4-membered cyclic amide) rings is 1. The number of aromatic nitrogens is 2. The SMILES string of the molecule is NCCSCc1cnccc1SC1=C(C(=O)O)N2C(=O)[C@@H](NC(=O)/C(=N\O)c3nc(N)sc3Br)[C@H]2SC1. The van der Waals surface area contributed by atoms with Crippen LogP contribution >= 0.6 is 62.6 Å². The molecule has 12 nitrogen and oxygen atoms in total. The van der Waals surface area contributed by atoms with E-state index in [0.29, 0.717) is 26.7 Å². The lowest BCUT2D eigenvalue weighted by molar-refractivity contribution is -0.150. The Morgan fingerprint density at radius 3 is 2.84 bits per heavy atom. The number of hydrogen-bond acceptors (Lipinski definition) is 13. The van der Waals surface area contributed by atoms with Crippen molar-refractivity contribution in [1.29, 1.82) is 0 Å². The minimum absolute atomic E-state index is 0.0324. The van der Waals surface area contributed by atoms with Gasteiger partial charge in [-0.2, -0.15) is 11.8 Å². The van der Waals surface area contributed by atoms with Crippen molar-refractivity contribution in [2.45, 2.75) is 22.1 Å². The monoisotopic (exact) mass is 645 g/mol. The van der Waals surface area contributed by atoms with Crippen molar-refractivity contribution < 1.29 is 24.7 Å². The average molecular weight is 647 g/mol. The molecule has 4 rings (SSSR count). The fraction of sp³-hybridized carbons (Fsp3) is 0.300. The molecule has 0 spiro atoms. The van der Waals surface area contributed by atoms with Crippen LogP contribution < -0.4 is 16.8 Å². The molecular formula is C20H20BrN7O5S4. The van der Waals surface area contributed by atoms with Crippen molar-refractivity contribution in [3.63, 3.8) is 0 Å². The van der Waals surface area contributed by atoms with Crippen LogP contribution in [0.2, 0.25) is 0 Å². The van der Waals surface area contributed by atoms with Gasteiger partial charge in [0.05, 0.1) is 0 Å². The minimum atomic E-state index is -1.24. The number of nitrogen functional groups attached to an aromatic ring is 1. The van der Waals surface area contributed by atoms with E-state index in [1.807, 2.05) is 6.07 Å². The van der Waals surface area contributed by atoms with E-state index in [1.165, 1.54) is 28.4 Å². The Morgan fingerprint density at radius 1 is 1.41 bits per heavy atom. The first-order valence-corrected chi connectivity index (χ1v) is 15.1. The predicted octanol–water partition coefficient (Wildman–Crippen LogP) is 1.74. The summed E-state index contributed by atoms with van der Waals surface area (Å²) in [6.07, 6.45) is 3.37. The van der Waals surface area contributed by atoms with E-state index in [2.05, 4.69) is 36.4 Å². The molecule has 2 amide bonds. The third-order valence-electron chi connectivity index (χ3n) is 5.18. The summed E-state index contributed by atoms with van der Waals surface area (Å²) in [5.41, 5.74) is 11.7. The first-order valence-electron chi connectivity index (χ1n) is 10.5. The van der Waals surface area contributed by atoms with Crippen molar-refractivity contribution in [2.24, 2.45) is 10.9 Å². The molecule has 0 unspecified atom stereocenters. The highest BCUT2D eigenvalue weighted by Gasteiger charge is 2.54. The summed E-state index contributed by atoms with van der Waals surface area (Å²) in [5.74, 6) is -0.887. The number of anilines is 1. The van der Waals surface area contributed by atoms with Gasteiger partial charge >= 0.3 is 5.97 Å². The topological polar surface area (TPSA) is 197 Å². The third kappa shape index (κ3) is 5.75. The molecule has 0 radical (unpaired) electrons. The van der Waals surface area contributed by atoms with Gasteiger partial charge in [-0.15, -0.1) is 11.8 Å². The van der Waals surface area contributed by atoms with Gasteiger partial charge in [-0.3, -0.25) is 19.5 Å². The summed E-state index contributed by atoms with van der Waals surface area (Å²) in [6.45, 7) is 0.551. The number of carboxylic acid groups (broad SMARTS) is 1. The number of thiazole rings is 1. The van der Waals surface area contributed by atoms with E-state index in [4.69, 9.17) is 11.5 Å². The van der Waals surface area contributed by atoms with Gasteiger partial charge in [-0.25, -0.2) is 9.78 Å². The summed E-state index contributed by atoms with van der Waals surface area (Å²) >= 11 is 8.53. The highest BCUT2D eigenvalue weighted by Crippen LogP contribution is 2.46. The normalized spacial score (nSPS) is 19.5. The molecule has 4 heterocycles. The second-order valence-electron chi connectivity index (χ2n) is 7.49. The van der Waals surface area contributed by atoms with Crippen LogP contribution in [0.4, 0.5) is 5.13 Å². The average Bonchev–Trinajstić information content (AvgIpc) is 3.20. The van der Waals surface area contributed by atoms with E-state index in [1.54, 1.807) is 24.2 Å². The highest BCUT2D eigenvalue weighted by molar-refractivity contribution is 9.11. The molecule has 1 saturated heterocycles. The Morgan fingerprint density at radius 2 is 2.19 bits per heavy atom. The van der Waals surface area contributed by atoms with Gasteiger partial charge in [0, 0.05) is 46.0 Å². The number of fused-ring (bicyclic) bond motifs is 1. The van der Waals surface area contributed by atoms with Gasteiger partial charge in [0.15, 0.2) is 10.8 Å². The van der Waals surface area contributed by atoms with Crippen molar-refractivity contribution in [3.8, 4) is 0 Å². The van der Waals surface area contributed by atoms with Gasteiger partial charge in [0.1, 0.15) is 26.6 Å². The van der Waals surface area contributed by atoms with Gasteiger partial charge in [0.2, 0.25) is 0 Å². The van der Waals surface area contributed by atoms with Crippen molar-refractivity contribution in [2.75, 3.05) is 23.8 Å². The van der Waals surface area contributed by atoms with Gasteiger partial charge in [-0.1, -0.05) is 28.3 Å². The van der Waals surface area contributed by atoms with Crippen molar-refractivity contribution in [1.82, 2.24) is 20.2 Å². The number of halogens is 1. The molecule has 0 saturated carbocycles. The van der Waals surface area contributed by atoms with Crippen LogP contribution in [-0.4, -0.2) is 78.1 Å². The quantitative estimate of drug-likeness (QED) is 0.0826. The van der Waals surface area contributed by atoms with Crippen LogP contribution in [0.1, 0.15) is 11.3 Å². The molecular weight excluding hydrogens is 626 g/mol. The van der Waals surface area contributed by atoms with Gasteiger partial charge in [-0.05, 0) is 27.6 Å². The number of oxime groups is 1. The van der Waals surface area contributed by atoms with E-state index >= 15 is 0 Å². The lowest BCUT2D eigenvalue weighted by Gasteiger charge is -2.49. The zero-order valence-corrected chi connectivity index (χ0v) is 23.6. The Kier molecular flexibility index (Phi) is 9.02. The molecule has 7 N–H and O–H groups in total. The highest BCUT2D eigenvalue weighted by atomic mass is 79.9. The van der Waals surface area contributed by atoms with Crippen LogP contribution in [0.15, 0.2) is 42.9 Å². The number of thioether (sulfide) groups is 3. The molecule has 2 atom stereocenters. The molecule has 2 aliphatic rings. The Balaban J connectivity index is 1.52. The fourth-order valence-electron chi connectivity index (χ4n) is 3.56. The molecule has 0 bridgehead atoms. The maximum atomic E-state index is 13.0. The summed E-state index contributed by atoms with van der Waals surface area (Å²) in [7, 11) is 0. The number of rotatable bonds is 10. The number of amides is 2. The molecule has 17 heteroatoms. The summed E-state index contributed by atoms with van der Waals surface area (Å²) < 4.78 is 0.385. The Hall–Kier alpha value is -2.31. The number of nitrogens with two attached hydrogens (primary N) is 2. The van der Waals surface area contributed by atoms with Crippen LogP contribution in [0.5, 0.6) is 0 Å². The number of pyridine rings is 1. The van der Waals surface area contributed by atoms with Crippen molar-refractivity contribution in [3.05, 3.63) is 44.1 Å². The molecule has 2 aromatic rings. The van der Waals surface area contributed by atoms with E-state index in [-0.39, 0.29) is 16.5 Å². The number of hydrogen-bond donors (Lipinski definition) is 5. The van der Waals surface area contributed by atoms with Gasteiger partial charge < -0.3 is 27.1 Å². The molecule has 37 heavy (non-hydrogen) atoms. The smallest absolute Gasteiger partial charge is 0.353 e. The zero-order chi connectivity index (χ0) is 26.7. The van der Waals surface area contributed by atoms with Crippen molar-refractivity contribution >= 4 is 91.2 Å². The summed E-state index contributed by atoms with van der Waals surface area (Å²) in [6, 6.07) is 0.806. The number of nitrogens with zero attached hydrogens (tertiary/aromatic N) is 4. The third-order valence-corrected chi connectivity index (χ3v) is 10.4. The first-order chi connectivity index (χ1) is 17.8. The van der Waals surface area contributed by atoms with Gasteiger partial charge in [0.25, 0.3) is 11.8 Å². The first kappa shape index (κ1) is 27.7. The largest absolute Gasteiger partial charge is 0.477 e. The lowest BCUT2D eigenvalue weighted by atomic mass is 10.0. The number of carbonyl (C=O) groups excluding carboxylic acids is 2.